The molecule has 0 heterocycles. The quantitative estimate of drug-likeness (QED) is 0.362. The second kappa shape index (κ2) is 10.5. The summed E-state index contributed by atoms with van der Waals surface area (Å²) in [5, 5.41) is 3.07. The predicted octanol–water partition coefficient (Wildman–Crippen LogP) is 6.67. The summed E-state index contributed by atoms with van der Waals surface area (Å²) in [6, 6.07) is 22.9. The molecular formula is C25H33BrOSi. The minimum absolute atomic E-state index is 0.260. The Morgan fingerprint density at radius 1 is 0.929 bits per heavy atom. The Morgan fingerprint density at radius 3 is 2.18 bits per heavy atom. The first-order chi connectivity index (χ1) is 13.7. The monoisotopic (exact) mass is 456 g/mol. The van der Waals surface area contributed by atoms with Crippen molar-refractivity contribution in [3.63, 3.8) is 0 Å². The fourth-order valence-electron chi connectivity index (χ4n) is 4.43. The molecule has 2 aromatic rings. The van der Waals surface area contributed by atoms with E-state index in [1.54, 1.807) is 5.19 Å². The van der Waals surface area contributed by atoms with E-state index in [1.165, 1.54) is 47.4 Å². The van der Waals surface area contributed by atoms with Gasteiger partial charge >= 0.3 is 0 Å². The van der Waals surface area contributed by atoms with E-state index in [4.69, 9.17) is 4.74 Å². The highest BCUT2D eigenvalue weighted by Gasteiger charge is 2.38. The molecular weight excluding hydrogens is 424 g/mol. The maximum atomic E-state index is 6.62. The van der Waals surface area contributed by atoms with Crippen LogP contribution in [0, 0.1) is 0 Å². The van der Waals surface area contributed by atoms with E-state index in [9.17, 15) is 0 Å². The van der Waals surface area contributed by atoms with Crippen molar-refractivity contribution in [1.29, 1.82) is 0 Å². The van der Waals surface area contributed by atoms with Gasteiger partial charge in [-0.1, -0.05) is 115 Å². The van der Waals surface area contributed by atoms with Crippen LogP contribution in [0.4, 0.5) is 0 Å². The van der Waals surface area contributed by atoms with E-state index >= 15 is 0 Å². The highest BCUT2D eigenvalue weighted by Crippen LogP contribution is 2.30. The average molecular weight is 458 g/mol. The summed E-state index contributed by atoms with van der Waals surface area (Å²) in [6.07, 6.45) is 9.56. The largest absolute Gasteiger partial charge is 0.490 e. The van der Waals surface area contributed by atoms with Crippen LogP contribution < -0.4 is 15.1 Å². The molecule has 1 aliphatic carbocycles. The van der Waals surface area contributed by atoms with Gasteiger partial charge in [-0.3, -0.25) is 0 Å². The van der Waals surface area contributed by atoms with Crippen LogP contribution in [0.25, 0.3) is 0 Å². The maximum absolute atomic E-state index is 6.62. The van der Waals surface area contributed by atoms with E-state index in [0.717, 1.165) is 18.6 Å². The van der Waals surface area contributed by atoms with Crippen LogP contribution >= 0.6 is 15.9 Å². The minimum atomic E-state index is -1.88. The number of rotatable bonds is 10. The fraction of sp³-hybridized carbons (Fsp3) is 0.440. The maximum Gasteiger partial charge on any atom is 0.122 e. The molecule has 0 aromatic heterocycles. The van der Waals surface area contributed by atoms with Crippen molar-refractivity contribution in [2.75, 3.05) is 0 Å². The molecule has 0 fully saturated rings. The lowest BCUT2D eigenvalue weighted by Gasteiger charge is -2.35. The Hall–Kier alpha value is -1.32. The molecule has 0 spiro atoms. The van der Waals surface area contributed by atoms with Crippen LogP contribution in [0.1, 0.15) is 52.4 Å². The Labute approximate surface area is 180 Å². The third kappa shape index (κ3) is 4.99. The number of unbranched alkanes of at least 4 members (excludes halogenated alkanes) is 2. The van der Waals surface area contributed by atoms with Crippen LogP contribution in [0.5, 0.6) is 5.75 Å². The van der Waals surface area contributed by atoms with Crippen molar-refractivity contribution in [2.45, 2.75) is 70.6 Å². The molecule has 1 nitrogen and oxygen atoms in total. The summed E-state index contributed by atoms with van der Waals surface area (Å²) in [7, 11) is -1.88. The molecule has 0 saturated heterocycles. The number of ether oxygens (including phenoxy) is 1. The summed E-state index contributed by atoms with van der Waals surface area (Å²) in [6.45, 7) is 4.63. The highest BCUT2D eigenvalue weighted by molar-refractivity contribution is 9.11. The third-order valence-corrected chi connectivity index (χ3v) is 11.9. The summed E-state index contributed by atoms with van der Waals surface area (Å²) < 4.78 is 7.89. The van der Waals surface area contributed by atoms with Gasteiger partial charge in [0, 0.05) is 12.8 Å². The molecule has 28 heavy (non-hydrogen) atoms. The first-order valence-electron chi connectivity index (χ1n) is 10.9. The number of benzene rings is 2. The van der Waals surface area contributed by atoms with Gasteiger partial charge in [0.05, 0.1) is 0 Å². The Balaban J connectivity index is 2.04. The van der Waals surface area contributed by atoms with Crippen LogP contribution in [-0.2, 0) is 0 Å². The summed E-state index contributed by atoms with van der Waals surface area (Å²) in [4.78, 5) is 0. The van der Waals surface area contributed by atoms with Crippen molar-refractivity contribution in [3.05, 3.63) is 65.2 Å². The predicted molar refractivity (Wildman–Crippen MR) is 128 cm³/mol. The SMILES string of the molecule is CCCC[Si](CCCC)(c1ccccc1)c1ccccc1OC1CC=C(Br)C1. The molecule has 3 rings (SSSR count). The molecule has 2 aromatic carbocycles. The molecule has 0 aliphatic heterocycles. The number of hydrogen-bond acceptors (Lipinski definition) is 1. The minimum Gasteiger partial charge on any atom is -0.490 e. The van der Waals surface area contributed by atoms with Gasteiger partial charge in [-0.25, -0.2) is 0 Å². The third-order valence-electron chi connectivity index (χ3n) is 5.96. The molecule has 0 saturated carbocycles. The van der Waals surface area contributed by atoms with Crippen molar-refractivity contribution in [1.82, 2.24) is 0 Å². The van der Waals surface area contributed by atoms with Gasteiger partial charge in [-0.05, 0) is 27.8 Å². The lowest BCUT2D eigenvalue weighted by atomic mass is 10.3. The van der Waals surface area contributed by atoms with Crippen molar-refractivity contribution in [3.8, 4) is 5.75 Å². The number of hydrogen-bond donors (Lipinski definition) is 0. The summed E-state index contributed by atoms with van der Waals surface area (Å²) >= 11 is 3.64. The standard InChI is InChI=1S/C25H33BrOSi/c1-3-5-18-28(19-6-4-2,23-12-8-7-9-13-23)25-15-11-10-14-24(25)27-22-17-16-21(26)20-22/h7-16,22H,3-6,17-20H2,1-2H3. The van der Waals surface area contributed by atoms with Crippen LogP contribution in [0.15, 0.2) is 65.2 Å². The van der Waals surface area contributed by atoms with E-state index in [0.29, 0.717) is 0 Å². The first-order valence-corrected chi connectivity index (χ1v) is 14.1. The smallest absolute Gasteiger partial charge is 0.122 e. The Morgan fingerprint density at radius 2 is 1.57 bits per heavy atom. The molecule has 0 radical (unpaired) electrons. The molecule has 150 valence electrons. The molecule has 0 bridgehead atoms. The van der Waals surface area contributed by atoms with Gasteiger partial charge in [-0.15, -0.1) is 0 Å². The average Bonchev–Trinajstić information content (AvgIpc) is 3.14. The van der Waals surface area contributed by atoms with Gasteiger partial charge < -0.3 is 4.74 Å². The lowest BCUT2D eigenvalue weighted by molar-refractivity contribution is 0.218. The first kappa shape index (κ1) is 21.4. The fourth-order valence-corrected chi connectivity index (χ4v) is 10.4. The Bertz CT molecular complexity index is 763. The van der Waals surface area contributed by atoms with Gasteiger partial charge in [0.25, 0.3) is 0 Å². The zero-order chi connectivity index (χ0) is 19.8. The van der Waals surface area contributed by atoms with Crippen LogP contribution in [0.3, 0.4) is 0 Å². The highest BCUT2D eigenvalue weighted by atomic mass is 79.9. The van der Waals surface area contributed by atoms with Crippen molar-refractivity contribution in [2.24, 2.45) is 0 Å². The number of para-hydroxylation sites is 1. The Kier molecular flexibility index (Phi) is 7.98. The molecule has 1 atom stereocenters. The van der Waals surface area contributed by atoms with E-state index in [1.807, 2.05) is 0 Å². The summed E-state index contributed by atoms with van der Waals surface area (Å²) in [5.74, 6) is 1.13. The topological polar surface area (TPSA) is 9.23 Å². The van der Waals surface area contributed by atoms with Crippen LogP contribution in [-0.4, -0.2) is 14.2 Å². The summed E-state index contributed by atoms with van der Waals surface area (Å²) in [5.41, 5.74) is 0. The molecule has 0 N–H and O–H groups in total. The normalized spacial score (nSPS) is 16.8. The lowest BCUT2D eigenvalue weighted by Crippen LogP contribution is -2.58. The zero-order valence-corrected chi connectivity index (χ0v) is 19.9. The van der Waals surface area contributed by atoms with Gasteiger partial charge in [0.1, 0.15) is 19.9 Å². The molecule has 1 unspecified atom stereocenters. The molecule has 3 heteroatoms. The van der Waals surface area contributed by atoms with Crippen molar-refractivity contribution >= 4 is 34.4 Å². The zero-order valence-electron chi connectivity index (χ0n) is 17.3. The second-order valence-corrected chi connectivity index (χ2v) is 13.3. The number of halogens is 1. The molecule has 1 aliphatic rings. The van der Waals surface area contributed by atoms with Gasteiger partial charge in [-0.2, -0.15) is 0 Å². The van der Waals surface area contributed by atoms with E-state index < -0.39 is 8.07 Å². The van der Waals surface area contributed by atoms with Gasteiger partial charge in [0.15, 0.2) is 0 Å². The van der Waals surface area contributed by atoms with E-state index in [2.05, 4.69) is 90.5 Å². The van der Waals surface area contributed by atoms with Crippen molar-refractivity contribution < 1.29 is 4.74 Å². The second-order valence-electron chi connectivity index (χ2n) is 7.98. The molecule has 0 amide bonds. The van der Waals surface area contributed by atoms with Crippen LogP contribution in [0.2, 0.25) is 12.1 Å². The van der Waals surface area contributed by atoms with E-state index in [-0.39, 0.29) is 6.10 Å². The van der Waals surface area contributed by atoms with Gasteiger partial charge in [0.2, 0.25) is 0 Å².